The summed E-state index contributed by atoms with van der Waals surface area (Å²) in [6.07, 6.45) is 1.15. The molecule has 1 aliphatic heterocycles. The van der Waals surface area contributed by atoms with E-state index in [1.54, 1.807) is 14.2 Å². The Morgan fingerprint density at radius 2 is 1.93 bits per heavy atom. The molecule has 1 heterocycles. The fourth-order valence-corrected chi connectivity index (χ4v) is 2.09. The van der Waals surface area contributed by atoms with Gasteiger partial charge < -0.3 is 14.8 Å². The smallest absolute Gasteiger partial charge is 0.162 e. The molecule has 3 heteroatoms. The molecule has 3 nitrogen and oxygen atoms in total. The molecule has 1 aromatic rings. The lowest BCUT2D eigenvalue weighted by molar-refractivity contribution is 0.354. The van der Waals surface area contributed by atoms with Crippen LogP contribution in [0.2, 0.25) is 0 Å². The third-order valence-electron chi connectivity index (χ3n) is 3.03. The lowest BCUT2D eigenvalue weighted by Gasteiger charge is -2.11. The maximum atomic E-state index is 5.30. The molecular formula is C12H17NO2. The Hall–Kier alpha value is -1.38. The van der Waals surface area contributed by atoms with E-state index in [0.29, 0.717) is 5.92 Å². The van der Waals surface area contributed by atoms with Gasteiger partial charge in [0.1, 0.15) is 0 Å². The van der Waals surface area contributed by atoms with E-state index in [1.807, 2.05) is 6.07 Å². The number of hydrogen-bond donors (Lipinski definition) is 1. The second kappa shape index (κ2) is 4.01. The minimum Gasteiger partial charge on any atom is -0.493 e. The van der Waals surface area contributed by atoms with Crippen LogP contribution in [0.15, 0.2) is 12.1 Å². The Morgan fingerprint density at radius 3 is 2.53 bits per heavy atom. The molecule has 2 rings (SSSR count). The molecule has 0 amide bonds. The second-order valence-electron chi connectivity index (χ2n) is 3.78. The number of anilines is 1. The van der Waals surface area contributed by atoms with Crippen LogP contribution in [-0.4, -0.2) is 20.8 Å². The van der Waals surface area contributed by atoms with Gasteiger partial charge in [-0.25, -0.2) is 0 Å². The van der Waals surface area contributed by atoms with Crippen molar-refractivity contribution < 1.29 is 9.47 Å². The van der Waals surface area contributed by atoms with Crippen LogP contribution < -0.4 is 14.8 Å². The lowest BCUT2D eigenvalue weighted by atomic mass is 9.98. The maximum absolute atomic E-state index is 5.30. The van der Waals surface area contributed by atoms with Gasteiger partial charge in [-0.1, -0.05) is 6.92 Å². The molecule has 15 heavy (non-hydrogen) atoms. The molecule has 1 aromatic carbocycles. The highest BCUT2D eigenvalue weighted by molar-refractivity contribution is 5.64. The third kappa shape index (κ3) is 1.62. The van der Waals surface area contributed by atoms with Crippen molar-refractivity contribution in [3.05, 3.63) is 17.7 Å². The van der Waals surface area contributed by atoms with Gasteiger partial charge in [-0.2, -0.15) is 0 Å². The quantitative estimate of drug-likeness (QED) is 0.826. The monoisotopic (exact) mass is 207 g/mol. The van der Waals surface area contributed by atoms with Crippen molar-refractivity contribution in [3.63, 3.8) is 0 Å². The van der Waals surface area contributed by atoms with Gasteiger partial charge in [0.05, 0.1) is 14.2 Å². The number of benzene rings is 1. The zero-order chi connectivity index (χ0) is 10.8. The van der Waals surface area contributed by atoms with Crippen LogP contribution in [0.25, 0.3) is 0 Å². The zero-order valence-electron chi connectivity index (χ0n) is 9.46. The zero-order valence-corrected chi connectivity index (χ0v) is 9.46. The van der Waals surface area contributed by atoms with E-state index in [1.165, 1.54) is 11.3 Å². The van der Waals surface area contributed by atoms with Crippen molar-refractivity contribution >= 4 is 5.69 Å². The molecule has 0 saturated carbocycles. The summed E-state index contributed by atoms with van der Waals surface area (Å²) in [5, 5.41) is 3.39. The number of rotatable bonds is 3. The van der Waals surface area contributed by atoms with E-state index in [9.17, 15) is 0 Å². The van der Waals surface area contributed by atoms with Gasteiger partial charge in [-0.15, -0.1) is 0 Å². The summed E-state index contributed by atoms with van der Waals surface area (Å²) in [4.78, 5) is 0. The van der Waals surface area contributed by atoms with Gasteiger partial charge in [0.25, 0.3) is 0 Å². The summed E-state index contributed by atoms with van der Waals surface area (Å²) in [6, 6.07) is 4.10. The van der Waals surface area contributed by atoms with Crippen LogP contribution >= 0.6 is 0 Å². The highest BCUT2D eigenvalue weighted by Crippen LogP contribution is 2.41. The molecule has 1 unspecified atom stereocenters. The van der Waals surface area contributed by atoms with Crippen LogP contribution in [0.5, 0.6) is 11.5 Å². The Morgan fingerprint density at radius 1 is 1.27 bits per heavy atom. The number of nitrogens with one attached hydrogen (secondary N) is 1. The summed E-state index contributed by atoms with van der Waals surface area (Å²) in [5.41, 5.74) is 2.52. The fourth-order valence-electron chi connectivity index (χ4n) is 2.09. The Balaban J connectivity index is 2.44. The largest absolute Gasteiger partial charge is 0.493 e. The van der Waals surface area contributed by atoms with E-state index in [-0.39, 0.29) is 0 Å². The second-order valence-corrected chi connectivity index (χ2v) is 3.78. The SMILES string of the molecule is CCC1CNc2cc(OC)c(OC)cc21. The van der Waals surface area contributed by atoms with E-state index in [0.717, 1.165) is 24.5 Å². The molecule has 0 aromatic heterocycles. The average molecular weight is 207 g/mol. The molecule has 0 bridgehead atoms. The van der Waals surface area contributed by atoms with Gasteiger partial charge >= 0.3 is 0 Å². The van der Waals surface area contributed by atoms with E-state index in [4.69, 9.17) is 9.47 Å². The maximum Gasteiger partial charge on any atom is 0.162 e. The van der Waals surface area contributed by atoms with Gasteiger partial charge in [-0.05, 0) is 18.1 Å². The fraction of sp³-hybridized carbons (Fsp3) is 0.500. The van der Waals surface area contributed by atoms with Crippen LogP contribution in [0.1, 0.15) is 24.8 Å². The minimum absolute atomic E-state index is 0.597. The summed E-state index contributed by atoms with van der Waals surface area (Å²) in [7, 11) is 3.34. The molecule has 1 aliphatic rings. The van der Waals surface area contributed by atoms with E-state index < -0.39 is 0 Å². The standard InChI is InChI=1S/C12H17NO2/c1-4-8-7-13-10-6-12(15-3)11(14-2)5-9(8)10/h5-6,8,13H,4,7H2,1-3H3. The Kier molecular flexibility index (Phi) is 2.71. The molecule has 0 aliphatic carbocycles. The highest BCUT2D eigenvalue weighted by Gasteiger charge is 2.23. The molecule has 0 spiro atoms. The summed E-state index contributed by atoms with van der Waals surface area (Å²) < 4.78 is 10.6. The van der Waals surface area contributed by atoms with Crippen LogP contribution in [0.3, 0.4) is 0 Å². The normalized spacial score (nSPS) is 18.2. The lowest BCUT2D eigenvalue weighted by Crippen LogP contribution is -1.99. The van der Waals surface area contributed by atoms with Crippen molar-refractivity contribution in [2.45, 2.75) is 19.3 Å². The molecule has 0 fully saturated rings. The highest BCUT2D eigenvalue weighted by atomic mass is 16.5. The molecule has 0 radical (unpaired) electrons. The molecule has 1 N–H and O–H groups in total. The van der Waals surface area contributed by atoms with Gasteiger partial charge in [0.15, 0.2) is 11.5 Å². The number of methoxy groups -OCH3 is 2. The van der Waals surface area contributed by atoms with Crippen molar-refractivity contribution in [2.75, 3.05) is 26.1 Å². The van der Waals surface area contributed by atoms with Crippen LogP contribution in [0, 0.1) is 0 Å². The Bertz CT molecular complexity index is 363. The first kappa shape index (κ1) is 10.1. The van der Waals surface area contributed by atoms with Crippen molar-refractivity contribution in [1.82, 2.24) is 0 Å². The van der Waals surface area contributed by atoms with Gasteiger partial charge in [-0.3, -0.25) is 0 Å². The van der Waals surface area contributed by atoms with Gasteiger partial charge in [0.2, 0.25) is 0 Å². The van der Waals surface area contributed by atoms with E-state index in [2.05, 4.69) is 18.3 Å². The summed E-state index contributed by atoms with van der Waals surface area (Å²) in [6.45, 7) is 3.22. The molecule has 82 valence electrons. The predicted molar refractivity (Wildman–Crippen MR) is 61.1 cm³/mol. The summed E-state index contributed by atoms with van der Waals surface area (Å²) in [5.74, 6) is 2.21. The number of hydrogen-bond acceptors (Lipinski definition) is 3. The molecule has 0 saturated heterocycles. The first-order chi connectivity index (χ1) is 7.30. The number of fused-ring (bicyclic) bond motifs is 1. The first-order valence-electron chi connectivity index (χ1n) is 5.30. The third-order valence-corrected chi connectivity index (χ3v) is 3.03. The summed E-state index contributed by atoms with van der Waals surface area (Å²) >= 11 is 0. The Labute approximate surface area is 90.4 Å². The minimum atomic E-state index is 0.597. The van der Waals surface area contributed by atoms with Crippen LogP contribution in [0.4, 0.5) is 5.69 Å². The van der Waals surface area contributed by atoms with Crippen molar-refractivity contribution in [1.29, 1.82) is 0 Å². The predicted octanol–water partition coefficient (Wildman–Crippen LogP) is 2.62. The molecule has 1 atom stereocenters. The van der Waals surface area contributed by atoms with Gasteiger partial charge in [0, 0.05) is 24.2 Å². The van der Waals surface area contributed by atoms with E-state index >= 15 is 0 Å². The average Bonchev–Trinajstić information content (AvgIpc) is 2.68. The van der Waals surface area contributed by atoms with Crippen LogP contribution in [-0.2, 0) is 0 Å². The first-order valence-corrected chi connectivity index (χ1v) is 5.30. The number of ether oxygens (including phenoxy) is 2. The van der Waals surface area contributed by atoms with Crippen molar-refractivity contribution in [2.24, 2.45) is 0 Å². The molecular weight excluding hydrogens is 190 g/mol. The topological polar surface area (TPSA) is 30.5 Å². The van der Waals surface area contributed by atoms with Crippen molar-refractivity contribution in [3.8, 4) is 11.5 Å².